The molecule has 0 saturated carbocycles. The summed E-state index contributed by atoms with van der Waals surface area (Å²) < 4.78 is 1.18. The van der Waals surface area contributed by atoms with Crippen molar-refractivity contribution in [2.24, 2.45) is 0 Å². The van der Waals surface area contributed by atoms with Gasteiger partial charge in [0.2, 0.25) is 0 Å². The van der Waals surface area contributed by atoms with Gasteiger partial charge in [0.05, 0.1) is 0 Å². The molecule has 102 valence electrons. The van der Waals surface area contributed by atoms with Gasteiger partial charge in [-0.2, -0.15) is 0 Å². The normalized spacial score (nSPS) is 13.3. The summed E-state index contributed by atoms with van der Waals surface area (Å²) in [6.45, 7) is 2.20. The van der Waals surface area contributed by atoms with E-state index in [0.29, 0.717) is 0 Å². The van der Waals surface area contributed by atoms with Crippen LogP contribution in [0.25, 0.3) is 27.5 Å². The zero-order chi connectivity index (χ0) is 14.4. The highest BCUT2D eigenvalue weighted by Crippen LogP contribution is 2.41. The molecule has 0 N–H and O–H groups in total. The van der Waals surface area contributed by atoms with E-state index in [1.807, 2.05) is 0 Å². The van der Waals surface area contributed by atoms with E-state index in [9.17, 15) is 0 Å². The minimum Gasteiger partial charge on any atom is -0.0765 e. The van der Waals surface area contributed by atoms with Crippen LogP contribution in [-0.2, 0) is 6.42 Å². The maximum Gasteiger partial charge on any atom is 0.0257 e. The lowest BCUT2D eigenvalue weighted by atomic mass is 9.92. The summed E-state index contributed by atoms with van der Waals surface area (Å²) in [5.74, 6) is 0. The van der Waals surface area contributed by atoms with Crippen molar-refractivity contribution in [1.82, 2.24) is 0 Å². The van der Waals surface area contributed by atoms with Crippen LogP contribution >= 0.6 is 15.9 Å². The number of fused-ring (bicyclic) bond motifs is 2. The quantitative estimate of drug-likeness (QED) is 0.494. The van der Waals surface area contributed by atoms with Crippen LogP contribution in [0.3, 0.4) is 0 Å². The third-order valence-corrected chi connectivity index (χ3v) is 5.02. The van der Waals surface area contributed by atoms with Crippen LogP contribution in [0.1, 0.15) is 18.1 Å². The molecule has 1 aliphatic carbocycles. The van der Waals surface area contributed by atoms with Gasteiger partial charge >= 0.3 is 0 Å². The molecule has 1 heteroatoms. The average molecular weight is 335 g/mol. The first-order chi connectivity index (χ1) is 10.3. The van der Waals surface area contributed by atoms with Crippen LogP contribution in [0.4, 0.5) is 0 Å². The molecule has 0 aromatic heterocycles. The van der Waals surface area contributed by atoms with Crippen LogP contribution < -0.4 is 0 Å². The molecule has 3 aromatic carbocycles. The fourth-order valence-corrected chi connectivity index (χ4v) is 3.89. The Labute approximate surface area is 133 Å². The van der Waals surface area contributed by atoms with E-state index in [1.54, 1.807) is 0 Å². The largest absolute Gasteiger partial charge is 0.0765 e. The summed E-state index contributed by atoms with van der Waals surface area (Å²) in [7, 11) is 0. The van der Waals surface area contributed by atoms with Gasteiger partial charge in [-0.3, -0.25) is 0 Å². The smallest absolute Gasteiger partial charge is 0.0257 e. The first-order valence-electron chi connectivity index (χ1n) is 7.22. The predicted molar refractivity (Wildman–Crippen MR) is 94.4 cm³/mol. The van der Waals surface area contributed by atoms with Gasteiger partial charge in [-0.25, -0.2) is 0 Å². The standard InChI is InChI=1S/C20H15Br/c1-13-9-10-18-15(13)11-12-19(21)20(18)17-8-4-6-14-5-2-3-7-16(14)17/h2-9,11-12H,10H2,1H3. The maximum atomic E-state index is 3.77. The van der Waals surface area contributed by atoms with Crippen molar-refractivity contribution < 1.29 is 0 Å². The first kappa shape index (κ1) is 12.8. The maximum absolute atomic E-state index is 3.77. The molecule has 0 amide bonds. The molecule has 0 spiro atoms. The highest BCUT2D eigenvalue weighted by molar-refractivity contribution is 9.10. The van der Waals surface area contributed by atoms with Crippen LogP contribution in [0.15, 0.2) is 65.1 Å². The number of hydrogen-bond donors (Lipinski definition) is 0. The second-order valence-corrected chi connectivity index (χ2v) is 6.42. The van der Waals surface area contributed by atoms with E-state index in [2.05, 4.69) is 83.5 Å². The topological polar surface area (TPSA) is 0 Å². The molecule has 4 rings (SSSR count). The molecule has 0 aliphatic heterocycles. The summed E-state index contributed by atoms with van der Waals surface area (Å²) in [5.41, 5.74) is 6.88. The number of halogens is 1. The molecule has 0 radical (unpaired) electrons. The van der Waals surface area contributed by atoms with Crippen molar-refractivity contribution in [2.75, 3.05) is 0 Å². The van der Waals surface area contributed by atoms with Crippen molar-refractivity contribution in [3.63, 3.8) is 0 Å². The van der Waals surface area contributed by atoms with Gasteiger partial charge < -0.3 is 0 Å². The summed E-state index contributed by atoms with van der Waals surface area (Å²) in [6.07, 6.45) is 3.35. The fourth-order valence-electron chi connectivity index (χ4n) is 3.30. The van der Waals surface area contributed by atoms with Crippen LogP contribution in [-0.4, -0.2) is 0 Å². The van der Waals surface area contributed by atoms with Gasteiger partial charge in [-0.1, -0.05) is 70.5 Å². The Morgan fingerprint density at radius 3 is 2.57 bits per heavy atom. The third-order valence-electron chi connectivity index (χ3n) is 4.36. The molecular weight excluding hydrogens is 320 g/mol. The lowest BCUT2D eigenvalue weighted by molar-refractivity contribution is 1.30. The molecule has 3 aromatic rings. The number of rotatable bonds is 1. The predicted octanol–water partition coefficient (Wildman–Crippen LogP) is 6.23. The second kappa shape index (κ2) is 4.85. The van der Waals surface area contributed by atoms with E-state index < -0.39 is 0 Å². The molecule has 0 unspecified atom stereocenters. The van der Waals surface area contributed by atoms with Crippen molar-refractivity contribution in [2.45, 2.75) is 13.3 Å². The van der Waals surface area contributed by atoms with Crippen molar-refractivity contribution >= 4 is 32.3 Å². The van der Waals surface area contributed by atoms with E-state index in [4.69, 9.17) is 0 Å². The van der Waals surface area contributed by atoms with Crippen LogP contribution in [0, 0.1) is 0 Å². The highest BCUT2D eigenvalue weighted by atomic mass is 79.9. The monoisotopic (exact) mass is 334 g/mol. The fraction of sp³-hybridized carbons (Fsp3) is 0.100. The lowest BCUT2D eigenvalue weighted by Crippen LogP contribution is -1.92. The lowest BCUT2D eigenvalue weighted by Gasteiger charge is -2.14. The molecule has 0 fully saturated rings. The molecule has 0 atom stereocenters. The molecule has 21 heavy (non-hydrogen) atoms. The number of hydrogen-bond acceptors (Lipinski definition) is 0. The summed E-state index contributed by atoms with van der Waals surface area (Å²) in [6, 6.07) is 19.6. The Hall–Kier alpha value is -1.86. The average Bonchev–Trinajstić information content (AvgIpc) is 2.88. The van der Waals surface area contributed by atoms with Gasteiger partial charge in [0.1, 0.15) is 0 Å². The molecule has 1 aliphatic rings. The Bertz CT molecular complexity index is 882. The van der Waals surface area contributed by atoms with Gasteiger partial charge in [0, 0.05) is 10.0 Å². The number of allylic oxidation sites excluding steroid dienone is 2. The highest BCUT2D eigenvalue weighted by Gasteiger charge is 2.19. The minimum atomic E-state index is 1.03. The molecule has 0 nitrogen and oxygen atoms in total. The zero-order valence-electron chi connectivity index (χ0n) is 11.9. The van der Waals surface area contributed by atoms with E-state index >= 15 is 0 Å². The summed E-state index contributed by atoms with van der Waals surface area (Å²) in [4.78, 5) is 0. The van der Waals surface area contributed by atoms with Crippen molar-refractivity contribution in [3.05, 3.63) is 76.3 Å². The molecular formula is C20H15Br. The SMILES string of the molecule is CC1=CCc2c1ccc(Br)c2-c1cccc2ccccc12. The first-order valence-corrected chi connectivity index (χ1v) is 8.01. The second-order valence-electron chi connectivity index (χ2n) is 5.57. The van der Waals surface area contributed by atoms with Gasteiger partial charge in [0.15, 0.2) is 0 Å². The Kier molecular flexibility index (Phi) is 2.97. The Balaban J connectivity index is 2.07. The zero-order valence-corrected chi connectivity index (χ0v) is 13.4. The summed E-state index contributed by atoms with van der Waals surface area (Å²) in [5, 5.41) is 2.61. The van der Waals surface area contributed by atoms with Gasteiger partial charge in [0.25, 0.3) is 0 Å². The van der Waals surface area contributed by atoms with E-state index in [1.165, 1.54) is 43.1 Å². The van der Waals surface area contributed by atoms with Crippen molar-refractivity contribution in [3.8, 4) is 11.1 Å². The van der Waals surface area contributed by atoms with E-state index in [0.717, 1.165) is 6.42 Å². The minimum absolute atomic E-state index is 1.03. The van der Waals surface area contributed by atoms with Gasteiger partial charge in [-0.05, 0) is 52.4 Å². The Morgan fingerprint density at radius 2 is 1.67 bits per heavy atom. The number of benzene rings is 3. The Morgan fingerprint density at radius 1 is 0.857 bits per heavy atom. The molecule has 0 heterocycles. The molecule has 0 saturated heterocycles. The van der Waals surface area contributed by atoms with E-state index in [-0.39, 0.29) is 0 Å². The summed E-state index contributed by atoms with van der Waals surface area (Å²) >= 11 is 3.77. The van der Waals surface area contributed by atoms with Gasteiger partial charge in [-0.15, -0.1) is 0 Å². The van der Waals surface area contributed by atoms with Crippen molar-refractivity contribution in [1.29, 1.82) is 0 Å². The third kappa shape index (κ3) is 1.96. The van der Waals surface area contributed by atoms with Crippen LogP contribution in [0.2, 0.25) is 0 Å². The van der Waals surface area contributed by atoms with Crippen LogP contribution in [0.5, 0.6) is 0 Å². The molecule has 0 bridgehead atoms.